The van der Waals surface area contributed by atoms with Crippen LogP contribution >= 0.6 is 55.1 Å². The van der Waals surface area contributed by atoms with Gasteiger partial charge in [-0.2, -0.15) is 0 Å². The summed E-state index contributed by atoms with van der Waals surface area (Å²) in [5.41, 5.74) is 2.81. The molecule has 0 radical (unpaired) electrons. The van der Waals surface area contributed by atoms with Crippen LogP contribution in [-0.2, 0) is 5.88 Å². The Balaban J connectivity index is 2.39. The van der Waals surface area contributed by atoms with Gasteiger partial charge in [-0.25, -0.2) is 4.98 Å². The van der Waals surface area contributed by atoms with E-state index in [1.165, 1.54) is 0 Å². The van der Waals surface area contributed by atoms with Gasteiger partial charge in [0.15, 0.2) is 0 Å². The zero-order chi connectivity index (χ0) is 14.3. The monoisotopic (exact) mass is 432 g/mol. The fourth-order valence-electron chi connectivity index (χ4n) is 2.11. The standard InChI is InChI=1S/C14H8Br2Cl2N2/c15-8-1-4-11-13(5-8)20(14(7-17)19-11)12-6-9(18)2-3-10(12)16/h1-6H,7H2. The molecule has 0 aliphatic heterocycles. The molecule has 3 rings (SSSR count). The predicted octanol–water partition coefficient (Wildman–Crippen LogP) is 5.94. The maximum Gasteiger partial charge on any atom is 0.129 e. The molecule has 0 saturated carbocycles. The maximum atomic E-state index is 6.11. The lowest BCUT2D eigenvalue weighted by Gasteiger charge is -2.10. The van der Waals surface area contributed by atoms with E-state index in [4.69, 9.17) is 23.2 Å². The van der Waals surface area contributed by atoms with Gasteiger partial charge in [0.05, 0.1) is 22.6 Å². The highest BCUT2D eigenvalue weighted by Gasteiger charge is 2.14. The van der Waals surface area contributed by atoms with Gasteiger partial charge in [0.25, 0.3) is 0 Å². The quantitative estimate of drug-likeness (QED) is 0.456. The van der Waals surface area contributed by atoms with E-state index >= 15 is 0 Å². The van der Waals surface area contributed by atoms with E-state index in [0.717, 1.165) is 31.5 Å². The molecule has 0 N–H and O–H groups in total. The molecule has 0 aliphatic carbocycles. The average Bonchev–Trinajstić information content (AvgIpc) is 2.79. The molecule has 0 amide bonds. The number of hydrogen-bond acceptors (Lipinski definition) is 1. The van der Waals surface area contributed by atoms with Crippen molar-refractivity contribution >= 4 is 66.1 Å². The third-order valence-electron chi connectivity index (χ3n) is 2.95. The van der Waals surface area contributed by atoms with Crippen LogP contribution in [0.1, 0.15) is 5.82 Å². The van der Waals surface area contributed by atoms with E-state index in [0.29, 0.717) is 10.9 Å². The van der Waals surface area contributed by atoms with Crippen LogP contribution in [0.15, 0.2) is 45.3 Å². The average molecular weight is 435 g/mol. The summed E-state index contributed by atoms with van der Waals surface area (Å²) < 4.78 is 3.95. The summed E-state index contributed by atoms with van der Waals surface area (Å²) in [4.78, 5) is 4.57. The molecule has 0 unspecified atom stereocenters. The van der Waals surface area contributed by atoms with Crippen molar-refractivity contribution in [3.05, 3.63) is 56.2 Å². The molecule has 6 heteroatoms. The van der Waals surface area contributed by atoms with Crippen molar-refractivity contribution in [3.8, 4) is 5.69 Å². The van der Waals surface area contributed by atoms with Crippen LogP contribution in [0.3, 0.4) is 0 Å². The Hall–Kier alpha value is -0.550. The Morgan fingerprint density at radius 2 is 1.90 bits per heavy atom. The van der Waals surface area contributed by atoms with Gasteiger partial charge in [-0.3, -0.25) is 4.57 Å². The fraction of sp³-hybridized carbons (Fsp3) is 0.0714. The first-order chi connectivity index (χ1) is 9.60. The van der Waals surface area contributed by atoms with E-state index < -0.39 is 0 Å². The van der Waals surface area contributed by atoms with Gasteiger partial charge in [-0.1, -0.05) is 27.5 Å². The minimum Gasteiger partial charge on any atom is -0.294 e. The predicted molar refractivity (Wildman–Crippen MR) is 91.0 cm³/mol. The molecule has 1 heterocycles. The number of nitrogens with zero attached hydrogens (tertiary/aromatic N) is 2. The van der Waals surface area contributed by atoms with Crippen molar-refractivity contribution in [1.82, 2.24) is 9.55 Å². The highest BCUT2D eigenvalue weighted by atomic mass is 79.9. The zero-order valence-electron chi connectivity index (χ0n) is 10.1. The van der Waals surface area contributed by atoms with Crippen molar-refractivity contribution in [2.45, 2.75) is 5.88 Å². The van der Waals surface area contributed by atoms with Crippen LogP contribution in [0.4, 0.5) is 0 Å². The van der Waals surface area contributed by atoms with Gasteiger partial charge in [-0.05, 0) is 52.3 Å². The Morgan fingerprint density at radius 3 is 2.65 bits per heavy atom. The Kier molecular flexibility index (Phi) is 4.09. The molecule has 0 atom stereocenters. The van der Waals surface area contributed by atoms with Crippen LogP contribution in [0, 0.1) is 0 Å². The lowest BCUT2D eigenvalue weighted by atomic mass is 10.3. The molecule has 2 aromatic carbocycles. The molecule has 0 saturated heterocycles. The van der Waals surface area contributed by atoms with Crippen molar-refractivity contribution in [2.24, 2.45) is 0 Å². The van der Waals surface area contributed by atoms with Gasteiger partial charge in [0, 0.05) is 14.0 Å². The molecule has 2 nitrogen and oxygen atoms in total. The van der Waals surface area contributed by atoms with Crippen LogP contribution in [-0.4, -0.2) is 9.55 Å². The minimum absolute atomic E-state index is 0.325. The molecule has 0 aliphatic rings. The van der Waals surface area contributed by atoms with Gasteiger partial charge in [0.1, 0.15) is 5.82 Å². The highest BCUT2D eigenvalue weighted by Crippen LogP contribution is 2.31. The SMILES string of the molecule is ClCc1nc2ccc(Br)cc2n1-c1cc(Cl)ccc1Br. The molecule has 1 aromatic heterocycles. The van der Waals surface area contributed by atoms with Crippen LogP contribution in [0.2, 0.25) is 5.02 Å². The van der Waals surface area contributed by atoms with Gasteiger partial charge < -0.3 is 0 Å². The Morgan fingerprint density at radius 1 is 1.10 bits per heavy atom. The summed E-state index contributed by atoms with van der Waals surface area (Å²) >= 11 is 19.2. The summed E-state index contributed by atoms with van der Waals surface area (Å²) in [6, 6.07) is 11.6. The second-order valence-electron chi connectivity index (χ2n) is 4.23. The third-order valence-corrected chi connectivity index (χ3v) is 4.59. The number of fused-ring (bicyclic) bond motifs is 1. The summed E-state index contributed by atoms with van der Waals surface area (Å²) in [6.45, 7) is 0. The largest absolute Gasteiger partial charge is 0.294 e. The second-order valence-corrected chi connectivity index (χ2v) is 6.70. The number of rotatable bonds is 2. The number of benzene rings is 2. The Labute approximate surface area is 143 Å². The summed E-state index contributed by atoms with van der Waals surface area (Å²) in [7, 11) is 0. The van der Waals surface area contributed by atoms with E-state index in [1.807, 2.05) is 41.0 Å². The van der Waals surface area contributed by atoms with Crippen molar-refractivity contribution in [2.75, 3.05) is 0 Å². The minimum atomic E-state index is 0.325. The van der Waals surface area contributed by atoms with Gasteiger partial charge >= 0.3 is 0 Å². The lowest BCUT2D eigenvalue weighted by Crippen LogP contribution is -2.00. The van der Waals surface area contributed by atoms with Gasteiger partial charge in [0.2, 0.25) is 0 Å². The lowest BCUT2D eigenvalue weighted by molar-refractivity contribution is 0.977. The summed E-state index contributed by atoms with van der Waals surface area (Å²) in [5, 5.41) is 0.667. The Bertz CT molecular complexity index is 799. The molecule has 102 valence electrons. The van der Waals surface area contributed by atoms with Crippen LogP contribution in [0.5, 0.6) is 0 Å². The third kappa shape index (κ3) is 2.50. The normalized spacial score (nSPS) is 11.2. The van der Waals surface area contributed by atoms with Crippen molar-refractivity contribution < 1.29 is 0 Å². The first-order valence-corrected chi connectivity index (χ1v) is 8.28. The van der Waals surface area contributed by atoms with Crippen LogP contribution < -0.4 is 0 Å². The smallest absolute Gasteiger partial charge is 0.129 e. The van der Waals surface area contributed by atoms with Crippen molar-refractivity contribution in [3.63, 3.8) is 0 Å². The molecule has 0 spiro atoms. The summed E-state index contributed by atoms with van der Waals surface area (Å²) in [6.07, 6.45) is 0. The number of aromatic nitrogens is 2. The van der Waals surface area contributed by atoms with Crippen LogP contribution in [0.25, 0.3) is 16.7 Å². The van der Waals surface area contributed by atoms with E-state index in [2.05, 4.69) is 36.8 Å². The molecular weight excluding hydrogens is 427 g/mol. The van der Waals surface area contributed by atoms with E-state index in [9.17, 15) is 0 Å². The second kappa shape index (κ2) is 5.68. The first-order valence-electron chi connectivity index (χ1n) is 5.78. The summed E-state index contributed by atoms with van der Waals surface area (Å²) in [5.74, 6) is 1.10. The fourth-order valence-corrected chi connectivity index (χ4v) is 3.23. The molecular formula is C14H8Br2Cl2N2. The van der Waals surface area contributed by atoms with E-state index in [1.54, 1.807) is 0 Å². The first kappa shape index (κ1) is 14.4. The number of halogens is 4. The topological polar surface area (TPSA) is 17.8 Å². The molecule has 3 aromatic rings. The molecule has 20 heavy (non-hydrogen) atoms. The van der Waals surface area contributed by atoms with Gasteiger partial charge in [-0.15, -0.1) is 11.6 Å². The van der Waals surface area contributed by atoms with E-state index in [-0.39, 0.29) is 0 Å². The zero-order valence-corrected chi connectivity index (χ0v) is 14.8. The molecule has 0 bridgehead atoms. The number of hydrogen-bond donors (Lipinski definition) is 0. The highest BCUT2D eigenvalue weighted by molar-refractivity contribution is 9.10. The number of alkyl halides is 1. The molecule has 0 fully saturated rings. The maximum absolute atomic E-state index is 6.11. The number of imidazole rings is 1. The van der Waals surface area contributed by atoms with Crippen molar-refractivity contribution in [1.29, 1.82) is 0 Å².